The Kier molecular flexibility index (Phi) is 10.2. The number of nitrogens with one attached hydrogen (secondary N) is 2. The first kappa shape index (κ1) is 21.4. The Morgan fingerprint density at radius 1 is 1.22 bits per heavy atom. The van der Waals surface area contributed by atoms with Crippen molar-refractivity contribution in [3.8, 4) is 0 Å². The van der Waals surface area contributed by atoms with Gasteiger partial charge in [0.2, 0.25) is 0 Å². The van der Waals surface area contributed by atoms with Crippen LogP contribution >= 0.6 is 35.7 Å². The Bertz CT molecular complexity index is 364. The highest BCUT2D eigenvalue weighted by Gasteiger charge is 2.35. The molecular weight excluding hydrogens is 421 g/mol. The van der Waals surface area contributed by atoms with Crippen molar-refractivity contribution in [3.05, 3.63) is 0 Å². The first-order valence-electron chi connectivity index (χ1n) is 8.92. The van der Waals surface area contributed by atoms with E-state index in [0.717, 1.165) is 44.2 Å². The molecule has 0 radical (unpaired) electrons. The number of guanidine groups is 1. The lowest BCUT2D eigenvalue weighted by molar-refractivity contribution is 0.00716. The van der Waals surface area contributed by atoms with Gasteiger partial charge in [-0.2, -0.15) is 11.8 Å². The van der Waals surface area contributed by atoms with Gasteiger partial charge in [-0.3, -0.25) is 4.99 Å². The van der Waals surface area contributed by atoms with E-state index in [2.05, 4.69) is 36.2 Å². The number of thioether (sulfide) groups is 1. The number of hydrogen-bond donors (Lipinski definition) is 3. The largest absolute Gasteiger partial charge is 0.392 e. The first-order valence-corrected chi connectivity index (χ1v) is 10.1. The van der Waals surface area contributed by atoms with Crippen LogP contribution in [-0.4, -0.2) is 48.3 Å². The molecule has 2 atom stereocenters. The van der Waals surface area contributed by atoms with Gasteiger partial charge in [0.05, 0.1) is 12.6 Å². The van der Waals surface area contributed by atoms with Crippen LogP contribution in [0.5, 0.6) is 0 Å². The standard InChI is InChI=1S/C17H33N3OS.HI/c1-3-18-16(19-12-14-7-10-22-11-8-14)20-13-17(2)9-5-4-6-15(17)21;/h14-15,21H,3-13H2,1-2H3,(H2,18,19,20);1H. The Balaban J connectivity index is 0.00000264. The molecule has 0 bridgehead atoms. The summed E-state index contributed by atoms with van der Waals surface area (Å²) in [6.45, 7) is 6.90. The van der Waals surface area contributed by atoms with Gasteiger partial charge in [0, 0.05) is 18.5 Å². The van der Waals surface area contributed by atoms with Crippen LogP contribution in [0, 0.1) is 11.3 Å². The van der Waals surface area contributed by atoms with Crippen molar-refractivity contribution in [2.45, 2.75) is 58.5 Å². The molecule has 0 amide bonds. The Hall–Kier alpha value is 0.310. The third-order valence-corrected chi connectivity index (χ3v) is 6.17. The third-order valence-electron chi connectivity index (χ3n) is 5.12. The number of aliphatic hydroxyl groups excluding tert-OH is 1. The highest BCUT2D eigenvalue weighted by molar-refractivity contribution is 14.0. The van der Waals surface area contributed by atoms with Crippen molar-refractivity contribution in [1.82, 2.24) is 10.6 Å². The molecule has 23 heavy (non-hydrogen) atoms. The summed E-state index contributed by atoms with van der Waals surface area (Å²) in [7, 11) is 0. The second-order valence-corrected chi connectivity index (χ2v) is 8.27. The molecule has 2 aliphatic rings. The normalized spacial score (nSPS) is 29.7. The van der Waals surface area contributed by atoms with E-state index in [-0.39, 0.29) is 35.5 Å². The van der Waals surface area contributed by atoms with Gasteiger partial charge in [0.1, 0.15) is 0 Å². The molecule has 0 aromatic carbocycles. The Labute approximate surface area is 163 Å². The molecule has 0 spiro atoms. The monoisotopic (exact) mass is 455 g/mol. The number of halogens is 1. The number of aliphatic hydroxyl groups is 1. The molecule has 1 saturated heterocycles. The van der Waals surface area contributed by atoms with Crippen molar-refractivity contribution < 1.29 is 5.11 Å². The fourth-order valence-electron chi connectivity index (χ4n) is 3.36. The molecule has 0 aromatic heterocycles. The van der Waals surface area contributed by atoms with Crippen LogP contribution < -0.4 is 10.6 Å². The zero-order chi connectivity index (χ0) is 15.8. The van der Waals surface area contributed by atoms with Crippen LogP contribution in [0.15, 0.2) is 4.99 Å². The topological polar surface area (TPSA) is 56.7 Å². The van der Waals surface area contributed by atoms with Crippen LogP contribution in [0.25, 0.3) is 0 Å². The Morgan fingerprint density at radius 2 is 1.96 bits per heavy atom. The summed E-state index contributed by atoms with van der Waals surface area (Å²) in [6, 6.07) is 0. The van der Waals surface area contributed by atoms with Crippen LogP contribution in [0.4, 0.5) is 0 Å². The van der Waals surface area contributed by atoms with Gasteiger partial charge in [-0.25, -0.2) is 0 Å². The minimum absolute atomic E-state index is 0. The minimum atomic E-state index is -0.205. The summed E-state index contributed by atoms with van der Waals surface area (Å²) in [5.74, 6) is 4.29. The highest BCUT2D eigenvalue weighted by atomic mass is 127. The average molecular weight is 455 g/mol. The maximum absolute atomic E-state index is 10.3. The molecule has 1 heterocycles. The summed E-state index contributed by atoms with van der Waals surface area (Å²) in [4.78, 5) is 4.77. The SMILES string of the molecule is CCNC(=NCC1(C)CCCCC1O)NCC1CCSCC1.I. The molecule has 3 N–H and O–H groups in total. The second-order valence-electron chi connectivity index (χ2n) is 7.05. The van der Waals surface area contributed by atoms with Gasteiger partial charge in [-0.1, -0.05) is 19.8 Å². The van der Waals surface area contributed by atoms with Crippen LogP contribution in [-0.2, 0) is 0 Å². The quantitative estimate of drug-likeness (QED) is 0.339. The lowest BCUT2D eigenvalue weighted by atomic mass is 9.73. The average Bonchev–Trinajstić information content (AvgIpc) is 2.54. The van der Waals surface area contributed by atoms with E-state index in [1.54, 1.807) is 0 Å². The van der Waals surface area contributed by atoms with Crippen molar-refractivity contribution >= 4 is 41.7 Å². The fraction of sp³-hybridized carbons (Fsp3) is 0.941. The third kappa shape index (κ3) is 6.98. The van der Waals surface area contributed by atoms with Crippen molar-refractivity contribution in [2.75, 3.05) is 31.1 Å². The van der Waals surface area contributed by atoms with Gasteiger partial charge < -0.3 is 15.7 Å². The summed E-state index contributed by atoms with van der Waals surface area (Å²) in [5.41, 5.74) is -0.0535. The highest BCUT2D eigenvalue weighted by Crippen LogP contribution is 2.36. The molecule has 6 heteroatoms. The number of rotatable bonds is 5. The molecule has 1 aliphatic carbocycles. The van der Waals surface area contributed by atoms with E-state index < -0.39 is 0 Å². The Morgan fingerprint density at radius 3 is 2.61 bits per heavy atom. The van der Waals surface area contributed by atoms with E-state index in [1.165, 1.54) is 30.8 Å². The molecule has 1 aliphatic heterocycles. The molecule has 1 saturated carbocycles. The lowest BCUT2D eigenvalue weighted by Gasteiger charge is -2.37. The molecule has 136 valence electrons. The minimum Gasteiger partial charge on any atom is -0.392 e. The second kappa shape index (κ2) is 11.0. The van der Waals surface area contributed by atoms with Crippen molar-refractivity contribution in [2.24, 2.45) is 16.3 Å². The zero-order valence-electron chi connectivity index (χ0n) is 14.6. The number of hydrogen-bond acceptors (Lipinski definition) is 3. The van der Waals surface area contributed by atoms with Crippen LogP contribution in [0.2, 0.25) is 0 Å². The fourth-order valence-corrected chi connectivity index (χ4v) is 4.56. The van der Waals surface area contributed by atoms with Crippen LogP contribution in [0.3, 0.4) is 0 Å². The zero-order valence-corrected chi connectivity index (χ0v) is 17.8. The molecule has 2 fully saturated rings. The molecular formula is C17H34IN3OS. The van der Waals surface area contributed by atoms with E-state index in [9.17, 15) is 5.11 Å². The van der Waals surface area contributed by atoms with Gasteiger partial charge in [-0.05, 0) is 50.0 Å². The summed E-state index contributed by atoms with van der Waals surface area (Å²) >= 11 is 2.07. The van der Waals surface area contributed by atoms with Crippen LogP contribution in [0.1, 0.15) is 52.4 Å². The van der Waals surface area contributed by atoms with E-state index >= 15 is 0 Å². The van der Waals surface area contributed by atoms with Gasteiger partial charge >= 0.3 is 0 Å². The molecule has 4 nitrogen and oxygen atoms in total. The molecule has 2 rings (SSSR count). The number of aliphatic imine (C=N–C) groups is 1. The van der Waals surface area contributed by atoms with Gasteiger partial charge in [0.25, 0.3) is 0 Å². The maximum atomic E-state index is 10.3. The molecule has 2 unspecified atom stereocenters. The summed E-state index contributed by atoms with van der Waals surface area (Å²) in [6.07, 6.45) is 6.79. The smallest absolute Gasteiger partial charge is 0.191 e. The predicted molar refractivity (Wildman–Crippen MR) is 112 cm³/mol. The number of nitrogens with zero attached hydrogens (tertiary/aromatic N) is 1. The van der Waals surface area contributed by atoms with E-state index in [4.69, 9.17) is 4.99 Å². The van der Waals surface area contributed by atoms with Crippen molar-refractivity contribution in [1.29, 1.82) is 0 Å². The predicted octanol–water partition coefficient (Wildman–Crippen LogP) is 3.24. The van der Waals surface area contributed by atoms with E-state index in [1.807, 2.05) is 0 Å². The molecule has 0 aromatic rings. The van der Waals surface area contributed by atoms with E-state index in [0.29, 0.717) is 6.54 Å². The lowest BCUT2D eigenvalue weighted by Crippen LogP contribution is -2.43. The summed E-state index contributed by atoms with van der Waals surface area (Å²) < 4.78 is 0. The maximum Gasteiger partial charge on any atom is 0.191 e. The first-order chi connectivity index (χ1) is 10.6. The van der Waals surface area contributed by atoms with Crippen molar-refractivity contribution in [3.63, 3.8) is 0 Å². The summed E-state index contributed by atoms with van der Waals surface area (Å²) in [5, 5.41) is 17.1. The van der Waals surface area contributed by atoms with Gasteiger partial charge in [0.15, 0.2) is 5.96 Å². The van der Waals surface area contributed by atoms with Gasteiger partial charge in [-0.15, -0.1) is 24.0 Å².